The number of carbonyl (C=O) groups excluding carboxylic acids is 1. The Morgan fingerprint density at radius 2 is 1.82 bits per heavy atom. The molecule has 6 nitrogen and oxygen atoms in total. The molecular formula is C21H25FN2O4. The van der Waals surface area contributed by atoms with Gasteiger partial charge in [0.1, 0.15) is 5.82 Å². The molecule has 0 atom stereocenters. The lowest BCUT2D eigenvalue weighted by atomic mass is 9.74. The van der Waals surface area contributed by atoms with Crippen molar-refractivity contribution in [1.29, 1.82) is 0 Å². The fourth-order valence-electron chi connectivity index (χ4n) is 3.53. The molecule has 2 aromatic rings. The predicted octanol–water partition coefficient (Wildman–Crippen LogP) is 3.71. The molecule has 0 unspecified atom stereocenters. The van der Waals surface area contributed by atoms with E-state index in [-0.39, 0.29) is 17.3 Å². The molecule has 0 saturated carbocycles. The van der Waals surface area contributed by atoms with E-state index in [1.54, 1.807) is 37.4 Å². The highest BCUT2D eigenvalue weighted by atomic mass is 19.1. The molecule has 0 aliphatic carbocycles. The zero-order valence-corrected chi connectivity index (χ0v) is 16.1. The maximum Gasteiger partial charge on any atom is 0.319 e. The second kappa shape index (κ2) is 8.93. The smallest absolute Gasteiger partial charge is 0.319 e. The maximum atomic E-state index is 13.3. The summed E-state index contributed by atoms with van der Waals surface area (Å²) in [6, 6.07) is 11.4. The zero-order valence-electron chi connectivity index (χ0n) is 16.1. The number of hydrogen-bond acceptors (Lipinski definition) is 4. The van der Waals surface area contributed by atoms with Crippen molar-refractivity contribution >= 4 is 11.7 Å². The van der Waals surface area contributed by atoms with E-state index in [2.05, 4.69) is 10.6 Å². The first-order valence-corrected chi connectivity index (χ1v) is 9.17. The molecule has 2 aromatic carbocycles. The Morgan fingerprint density at radius 3 is 2.46 bits per heavy atom. The number of urea groups is 1. The van der Waals surface area contributed by atoms with Crippen LogP contribution in [0.15, 0.2) is 42.5 Å². The van der Waals surface area contributed by atoms with Crippen molar-refractivity contribution in [2.24, 2.45) is 0 Å². The largest absolute Gasteiger partial charge is 0.493 e. The minimum absolute atomic E-state index is 0.276. The Labute approximate surface area is 164 Å². The van der Waals surface area contributed by atoms with Crippen molar-refractivity contribution in [2.75, 3.05) is 39.3 Å². The van der Waals surface area contributed by atoms with E-state index in [4.69, 9.17) is 14.2 Å². The molecule has 0 bridgehead atoms. The minimum atomic E-state index is -0.348. The van der Waals surface area contributed by atoms with Crippen LogP contribution in [0, 0.1) is 5.82 Å². The van der Waals surface area contributed by atoms with Gasteiger partial charge in [0.2, 0.25) is 0 Å². The van der Waals surface area contributed by atoms with Crippen LogP contribution in [-0.4, -0.2) is 40.0 Å². The topological polar surface area (TPSA) is 68.8 Å². The van der Waals surface area contributed by atoms with Crippen molar-refractivity contribution in [3.8, 4) is 11.5 Å². The summed E-state index contributed by atoms with van der Waals surface area (Å²) in [6.45, 7) is 1.62. The number of carbonyl (C=O) groups is 1. The highest BCUT2D eigenvalue weighted by Crippen LogP contribution is 2.36. The summed E-state index contributed by atoms with van der Waals surface area (Å²) in [5, 5.41) is 5.76. The maximum absolute atomic E-state index is 13.3. The highest BCUT2D eigenvalue weighted by molar-refractivity contribution is 5.91. The second-order valence-electron chi connectivity index (χ2n) is 6.75. The summed E-state index contributed by atoms with van der Waals surface area (Å²) >= 11 is 0. The molecule has 1 saturated heterocycles. The predicted molar refractivity (Wildman–Crippen MR) is 105 cm³/mol. The van der Waals surface area contributed by atoms with Gasteiger partial charge in [-0.1, -0.05) is 18.2 Å². The lowest BCUT2D eigenvalue weighted by molar-refractivity contribution is 0.0508. The van der Waals surface area contributed by atoms with Crippen LogP contribution in [0.5, 0.6) is 11.5 Å². The summed E-state index contributed by atoms with van der Waals surface area (Å²) in [4.78, 5) is 12.5. The van der Waals surface area contributed by atoms with Crippen molar-refractivity contribution < 1.29 is 23.4 Å². The second-order valence-corrected chi connectivity index (χ2v) is 6.75. The zero-order chi connectivity index (χ0) is 20.0. The van der Waals surface area contributed by atoms with Crippen LogP contribution in [-0.2, 0) is 10.2 Å². The fraction of sp³-hybridized carbons (Fsp3) is 0.381. The Hall–Kier alpha value is -2.80. The van der Waals surface area contributed by atoms with E-state index in [9.17, 15) is 9.18 Å². The number of nitrogens with one attached hydrogen (secondary N) is 2. The van der Waals surface area contributed by atoms with Crippen molar-refractivity contribution in [2.45, 2.75) is 18.3 Å². The van der Waals surface area contributed by atoms with Gasteiger partial charge in [-0.25, -0.2) is 9.18 Å². The van der Waals surface area contributed by atoms with E-state index in [1.165, 1.54) is 19.2 Å². The first kappa shape index (κ1) is 19.9. The van der Waals surface area contributed by atoms with Crippen LogP contribution in [0.25, 0.3) is 0 Å². The lowest BCUT2D eigenvalue weighted by Crippen LogP contribution is -2.45. The molecule has 2 amide bonds. The molecule has 1 heterocycles. The monoisotopic (exact) mass is 388 g/mol. The summed E-state index contributed by atoms with van der Waals surface area (Å²) in [5.41, 5.74) is 1.22. The number of rotatable bonds is 6. The highest BCUT2D eigenvalue weighted by Gasteiger charge is 2.35. The van der Waals surface area contributed by atoms with Crippen molar-refractivity contribution in [3.05, 3.63) is 53.8 Å². The molecule has 1 aliphatic heterocycles. The van der Waals surface area contributed by atoms with Crippen LogP contribution < -0.4 is 20.1 Å². The van der Waals surface area contributed by atoms with Crippen LogP contribution >= 0.6 is 0 Å². The summed E-state index contributed by atoms with van der Waals surface area (Å²) in [6.07, 6.45) is 1.50. The van der Waals surface area contributed by atoms with Gasteiger partial charge in [0.05, 0.1) is 19.9 Å². The van der Waals surface area contributed by atoms with E-state index in [0.29, 0.717) is 36.9 Å². The van der Waals surface area contributed by atoms with E-state index in [0.717, 1.165) is 18.4 Å². The van der Waals surface area contributed by atoms with Gasteiger partial charge in [-0.05, 0) is 42.7 Å². The third-order valence-corrected chi connectivity index (χ3v) is 5.14. The normalized spacial score (nSPS) is 15.5. The average molecular weight is 388 g/mol. The third kappa shape index (κ3) is 4.36. The van der Waals surface area contributed by atoms with Gasteiger partial charge in [0.25, 0.3) is 0 Å². The Bertz CT molecular complexity index is 805. The molecule has 2 N–H and O–H groups in total. The fourth-order valence-corrected chi connectivity index (χ4v) is 3.53. The van der Waals surface area contributed by atoms with Crippen LogP contribution in [0.1, 0.15) is 18.4 Å². The van der Waals surface area contributed by atoms with Crippen LogP contribution in [0.2, 0.25) is 0 Å². The van der Waals surface area contributed by atoms with Gasteiger partial charge in [0.15, 0.2) is 11.5 Å². The number of methoxy groups -OCH3 is 2. The first-order chi connectivity index (χ1) is 13.6. The van der Waals surface area contributed by atoms with Gasteiger partial charge in [-0.2, -0.15) is 0 Å². The van der Waals surface area contributed by atoms with Gasteiger partial charge >= 0.3 is 6.03 Å². The molecule has 0 aromatic heterocycles. The summed E-state index contributed by atoms with van der Waals surface area (Å²) in [7, 11) is 3.06. The van der Waals surface area contributed by atoms with E-state index in [1.807, 2.05) is 0 Å². The molecule has 0 spiro atoms. The number of para-hydroxylation sites is 1. The van der Waals surface area contributed by atoms with Gasteiger partial charge in [-0.15, -0.1) is 0 Å². The molecule has 3 rings (SSSR count). The summed E-state index contributed by atoms with van der Waals surface area (Å²) < 4.78 is 29.4. The Balaban J connectivity index is 1.72. The standard InChI is InChI=1S/C21H25FN2O4/c1-26-18-5-3-4-17(19(18)27-2)24-20(25)23-14-21(10-12-28-13-11-21)15-6-8-16(22)9-7-15/h3-9H,10-14H2,1-2H3,(H2,23,24,25). The van der Waals surface area contributed by atoms with Crippen LogP contribution in [0.3, 0.4) is 0 Å². The number of hydrogen-bond donors (Lipinski definition) is 2. The molecule has 7 heteroatoms. The Morgan fingerprint density at radius 1 is 1.11 bits per heavy atom. The van der Waals surface area contributed by atoms with E-state index >= 15 is 0 Å². The molecule has 1 aliphatic rings. The van der Waals surface area contributed by atoms with Gasteiger partial charge in [0, 0.05) is 25.2 Å². The lowest BCUT2D eigenvalue weighted by Gasteiger charge is -2.38. The summed E-state index contributed by atoms with van der Waals surface area (Å²) in [5.74, 6) is 0.716. The number of halogens is 1. The Kier molecular flexibility index (Phi) is 6.36. The molecular weight excluding hydrogens is 363 g/mol. The third-order valence-electron chi connectivity index (χ3n) is 5.14. The molecule has 0 radical (unpaired) electrons. The average Bonchev–Trinajstić information content (AvgIpc) is 2.73. The SMILES string of the molecule is COc1cccc(NC(=O)NCC2(c3ccc(F)cc3)CCOCC2)c1OC. The van der Waals surface area contributed by atoms with Crippen molar-refractivity contribution in [1.82, 2.24) is 5.32 Å². The number of benzene rings is 2. The number of ether oxygens (including phenoxy) is 3. The van der Waals surface area contributed by atoms with Crippen molar-refractivity contribution in [3.63, 3.8) is 0 Å². The van der Waals surface area contributed by atoms with E-state index < -0.39 is 0 Å². The first-order valence-electron chi connectivity index (χ1n) is 9.17. The molecule has 150 valence electrons. The number of amides is 2. The minimum Gasteiger partial charge on any atom is -0.493 e. The number of anilines is 1. The van der Waals surface area contributed by atoms with Gasteiger partial charge < -0.3 is 24.8 Å². The quantitative estimate of drug-likeness (QED) is 0.792. The van der Waals surface area contributed by atoms with Crippen LogP contribution in [0.4, 0.5) is 14.9 Å². The van der Waals surface area contributed by atoms with Gasteiger partial charge in [-0.3, -0.25) is 0 Å². The molecule has 1 fully saturated rings. The molecule has 28 heavy (non-hydrogen) atoms.